The first-order valence-electron chi connectivity index (χ1n) is 8.53. The largest absolute Gasteiger partial charge is 0.493 e. The maximum Gasteiger partial charge on any atom is 0.320 e. The molecule has 0 spiro atoms. The summed E-state index contributed by atoms with van der Waals surface area (Å²) in [6.07, 6.45) is 1.39. The summed E-state index contributed by atoms with van der Waals surface area (Å²) in [5.41, 5.74) is 0.893. The smallest absolute Gasteiger partial charge is 0.320 e. The molecular formula is C18H26N2O5. The quantitative estimate of drug-likeness (QED) is 0.744. The van der Waals surface area contributed by atoms with Crippen LogP contribution in [0.3, 0.4) is 0 Å². The molecule has 7 nitrogen and oxygen atoms in total. The van der Waals surface area contributed by atoms with Crippen molar-refractivity contribution in [2.75, 3.05) is 26.8 Å². The molecule has 2 atom stereocenters. The van der Waals surface area contributed by atoms with Crippen LogP contribution in [0.2, 0.25) is 0 Å². The predicted molar refractivity (Wildman–Crippen MR) is 93.0 cm³/mol. The van der Waals surface area contributed by atoms with Gasteiger partial charge in [0.1, 0.15) is 6.04 Å². The van der Waals surface area contributed by atoms with Crippen LogP contribution in [0.25, 0.3) is 0 Å². The third-order valence-electron chi connectivity index (χ3n) is 4.36. The molecule has 138 valence electrons. The third kappa shape index (κ3) is 4.85. The lowest BCUT2D eigenvalue weighted by Crippen LogP contribution is -2.43. The van der Waals surface area contributed by atoms with Gasteiger partial charge >= 0.3 is 5.97 Å². The molecule has 0 aromatic heterocycles. The molecule has 2 N–H and O–H groups in total. The maximum atomic E-state index is 12.3. The zero-order valence-electron chi connectivity index (χ0n) is 14.9. The van der Waals surface area contributed by atoms with Crippen LogP contribution in [0.15, 0.2) is 18.2 Å². The van der Waals surface area contributed by atoms with Crippen LogP contribution in [0.1, 0.15) is 38.3 Å². The molecule has 0 aliphatic carbocycles. The second kappa shape index (κ2) is 8.71. The first-order valence-corrected chi connectivity index (χ1v) is 8.53. The van der Waals surface area contributed by atoms with E-state index in [9.17, 15) is 14.7 Å². The van der Waals surface area contributed by atoms with Crippen molar-refractivity contribution in [1.29, 1.82) is 0 Å². The molecule has 25 heavy (non-hydrogen) atoms. The summed E-state index contributed by atoms with van der Waals surface area (Å²) in [6.45, 7) is 5.05. The monoisotopic (exact) mass is 350 g/mol. The Morgan fingerprint density at radius 2 is 2.16 bits per heavy atom. The van der Waals surface area contributed by atoms with E-state index < -0.39 is 12.0 Å². The van der Waals surface area contributed by atoms with Crippen molar-refractivity contribution in [3.05, 3.63) is 23.8 Å². The fourth-order valence-electron chi connectivity index (χ4n) is 3.08. The van der Waals surface area contributed by atoms with Gasteiger partial charge in [0.25, 0.3) is 0 Å². The number of likely N-dealkylation sites (tertiary alicyclic amines) is 1. The lowest BCUT2D eigenvalue weighted by atomic mass is 10.1. The highest BCUT2D eigenvalue weighted by atomic mass is 16.5. The number of carbonyl (C=O) groups is 2. The molecule has 1 aromatic rings. The average Bonchev–Trinajstić information content (AvgIpc) is 3.03. The summed E-state index contributed by atoms with van der Waals surface area (Å²) in [5.74, 6) is 0.225. The van der Waals surface area contributed by atoms with Crippen molar-refractivity contribution < 1.29 is 24.2 Å². The van der Waals surface area contributed by atoms with E-state index in [0.717, 1.165) is 12.0 Å². The number of methoxy groups -OCH3 is 1. The van der Waals surface area contributed by atoms with E-state index in [1.165, 1.54) is 0 Å². The number of hydrogen-bond donors (Lipinski definition) is 2. The Kier molecular flexibility index (Phi) is 6.64. The van der Waals surface area contributed by atoms with Gasteiger partial charge in [0.2, 0.25) is 5.91 Å². The second-order valence-corrected chi connectivity index (χ2v) is 6.10. The first kappa shape index (κ1) is 19.1. The molecule has 0 saturated carbocycles. The summed E-state index contributed by atoms with van der Waals surface area (Å²) in [7, 11) is 1.57. The van der Waals surface area contributed by atoms with Gasteiger partial charge in [0.05, 0.1) is 26.3 Å². The summed E-state index contributed by atoms with van der Waals surface area (Å²) < 4.78 is 10.8. The molecule has 2 rings (SSSR count). The molecule has 1 heterocycles. The minimum atomic E-state index is -0.866. The van der Waals surface area contributed by atoms with E-state index in [1.807, 2.05) is 32.0 Å². The number of hydrogen-bond acceptors (Lipinski definition) is 5. The zero-order valence-corrected chi connectivity index (χ0v) is 14.9. The Morgan fingerprint density at radius 3 is 2.80 bits per heavy atom. The molecule has 0 radical (unpaired) electrons. The van der Waals surface area contributed by atoms with E-state index in [0.29, 0.717) is 31.1 Å². The number of carboxylic acids is 1. The molecule has 1 aliphatic heterocycles. The second-order valence-electron chi connectivity index (χ2n) is 6.10. The number of nitrogens with zero attached hydrogens (tertiary/aromatic N) is 1. The minimum absolute atomic E-state index is 0.0927. The van der Waals surface area contributed by atoms with Crippen molar-refractivity contribution in [2.45, 2.75) is 38.8 Å². The van der Waals surface area contributed by atoms with Gasteiger partial charge in [-0.1, -0.05) is 6.07 Å². The molecule has 7 heteroatoms. The van der Waals surface area contributed by atoms with Crippen LogP contribution in [0.4, 0.5) is 0 Å². The Bertz CT molecular complexity index is 619. The van der Waals surface area contributed by atoms with E-state index in [4.69, 9.17) is 9.47 Å². The number of aliphatic carboxylic acids is 1. The van der Waals surface area contributed by atoms with E-state index >= 15 is 0 Å². The van der Waals surface area contributed by atoms with Gasteiger partial charge in [-0.3, -0.25) is 14.5 Å². The minimum Gasteiger partial charge on any atom is -0.493 e. The molecule has 1 aliphatic rings. The molecule has 1 fully saturated rings. The number of amides is 1. The van der Waals surface area contributed by atoms with E-state index in [-0.39, 0.29) is 18.5 Å². The highest BCUT2D eigenvalue weighted by Gasteiger charge is 2.31. The Hall–Kier alpha value is -2.28. The van der Waals surface area contributed by atoms with Crippen LogP contribution in [0.5, 0.6) is 11.5 Å². The van der Waals surface area contributed by atoms with Crippen LogP contribution < -0.4 is 14.8 Å². The van der Waals surface area contributed by atoms with Gasteiger partial charge in [-0.2, -0.15) is 0 Å². The Morgan fingerprint density at radius 1 is 1.40 bits per heavy atom. The Balaban J connectivity index is 1.98. The number of rotatable bonds is 8. The van der Waals surface area contributed by atoms with Crippen LogP contribution >= 0.6 is 0 Å². The van der Waals surface area contributed by atoms with Crippen molar-refractivity contribution >= 4 is 11.9 Å². The molecule has 1 aromatic carbocycles. The number of benzene rings is 1. The standard InChI is InChI=1S/C18H26N2O5/c1-4-25-15-8-7-13(10-16(15)24-3)12(2)19-17(21)11-20-9-5-6-14(20)18(22)23/h7-8,10,12,14H,4-6,9,11H2,1-3H3,(H,19,21)(H,22,23)/t12?,14-/m0/s1. The summed E-state index contributed by atoms with van der Waals surface area (Å²) in [4.78, 5) is 25.2. The van der Waals surface area contributed by atoms with Gasteiger partial charge < -0.3 is 19.9 Å². The summed E-state index contributed by atoms with van der Waals surface area (Å²) >= 11 is 0. The highest BCUT2D eigenvalue weighted by Crippen LogP contribution is 2.30. The SMILES string of the molecule is CCOc1ccc(C(C)NC(=O)CN2CCC[C@H]2C(=O)O)cc1OC. The molecular weight excluding hydrogens is 324 g/mol. The molecule has 0 bridgehead atoms. The normalized spacial score (nSPS) is 18.6. The molecule has 1 unspecified atom stereocenters. The number of nitrogens with one attached hydrogen (secondary N) is 1. The van der Waals surface area contributed by atoms with Gasteiger partial charge in [-0.05, 0) is 50.9 Å². The van der Waals surface area contributed by atoms with Crippen molar-refractivity contribution in [3.63, 3.8) is 0 Å². The fraction of sp³-hybridized carbons (Fsp3) is 0.556. The van der Waals surface area contributed by atoms with Crippen molar-refractivity contribution in [1.82, 2.24) is 10.2 Å². The van der Waals surface area contributed by atoms with Gasteiger partial charge in [-0.25, -0.2) is 0 Å². The number of carbonyl (C=O) groups excluding carboxylic acids is 1. The lowest BCUT2D eigenvalue weighted by molar-refractivity contribution is -0.142. The van der Waals surface area contributed by atoms with Crippen molar-refractivity contribution in [2.24, 2.45) is 0 Å². The first-order chi connectivity index (χ1) is 12.0. The fourth-order valence-corrected chi connectivity index (χ4v) is 3.08. The predicted octanol–water partition coefficient (Wildman–Crippen LogP) is 1.82. The highest BCUT2D eigenvalue weighted by molar-refractivity contribution is 5.80. The summed E-state index contributed by atoms with van der Waals surface area (Å²) in [6, 6.07) is 4.76. The van der Waals surface area contributed by atoms with Gasteiger partial charge in [-0.15, -0.1) is 0 Å². The van der Waals surface area contributed by atoms with E-state index in [1.54, 1.807) is 12.0 Å². The zero-order chi connectivity index (χ0) is 18.4. The number of ether oxygens (including phenoxy) is 2. The van der Waals surface area contributed by atoms with Gasteiger partial charge in [0, 0.05) is 0 Å². The maximum absolute atomic E-state index is 12.3. The number of carboxylic acid groups (broad SMARTS) is 1. The van der Waals surface area contributed by atoms with Crippen LogP contribution in [-0.2, 0) is 9.59 Å². The van der Waals surface area contributed by atoms with Crippen LogP contribution in [0, 0.1) is 0 Å². The Labute approximate surface area is 147 Å². The molecule has 1 saturated heterocycles. The average molecular weight is 350 g/mol. The third-order valence-corrected chi connectivity index (χ3v) is 4.36. The van der Waals surface area contributed by atoms with Crippen LogP contribution in [-0.4, -0.2) is 54.7 Å². The summed E-state index contributed by atoms with van der Waals surface area (Å²) in [5, 5.41) is 12.1. The van der Waals surface area contributed by atoms with Gasteiger partial charge in [0.15, 0.2) is 11.5 Å². The van der Waals surface area contributed by atoms with E-state index in [2.05, 4.69) is 5.32 Å². The lowest BCUT2D eigenvalue weighted by Gasteiger charge is -2.22. The van der Waals surface area contributed by atoms with Crippen molar-refractivity contribution in [3.8, 4) is 11.5 Å². The topological polar surface area (TPSA) is 88.1 Å². The molecule has 1 amide bonds.